The third kappa shape index (κ3) is 2.64. The maximum absolute atomic E-state index is 5.79. The van der Waals surface area contributed by atoms with E-state index in [9.17, 15) is 0 Å². The maximum Gasteiger partial charge on any atom is 0.119 e. The van der Waals surface area contributed by atoms with Crippen molar-refractivity contribution in [2.45, 2.75) is 12.5 Å². The first-order chi connectivity index (χ1) is 6.34. The van der Waals surface area contributed by atoms with Gasteiger partial charge in [0, 0.05) is 10.2 Å². The van der Waals surface area contributed by atoms with Crippen LogP contribution >= 0.6 is 27.7 Å². The molecule has 0 radical (unpaired) electrons. The van der Waals surface area contributed by atoms with Gasteiger partial charge in [-0.2, -0.15) is 11.8 Å². The van der Waals surface area contributed by atoms with Gasteiger partial charge in [-0.1, -0.05) is 15.9 Å². The number of halogens is 1. The molecule has 13 heavy (non-hydrogen) atoms. The van der Waals surface area contributed by atoms with Crippen LogP contribution in [0, 0.1) is 0 Å². The Labute approximate surface area is 91.0 Å². The van der Waals surface area contributed by atoms with Crippen molar-refractivity contribution in [1.82, 2.24) is 0 Å². The molecule has 1 nitrogen and oxygen atoms in total. The van der Waals surface area contributed by atoms with E-state index in [-0.39, 0.29) is 0 Å². The van der Waals surface area contributed by atoms with E-state index < -0.39 is 0 Å². The molecule has 70 valence electrons. The summed E-state index contributed by atoms with van der Waals surface area (Å²) in [5.74, 6) is 3.35. The highest BCUT2D eigenvalue weighted by atomic mass is 79.9. The van der Waals surface area contributed by atoms with Gasteiger partial charge in [-0.25, -0.2) is 0 Å². The van der Waals surface area contributed by atoms with Gasteiger partial charge in [0.2, 0.25) is 0 Å². The van der Waals surface area contributed by atoms with E-state index in [1.807, 2.05) is 36.0 Å². The van der Waals surface area contributed by atoms with Crippen LogP contribution in [0.15, 0.2) is 28.7 Å². The highest BCUT2D eigenvalue weighted by Gasteiger charge is 2.16. The first kappa shape index (κ1) is 9.41. The Morgan fingerprint density at radius 2 is 2.08 bits per heavy atom. The van der Waals surface area contributed by atoms with Gasteiger partial charge in [-0.15, -0.1) is 0 Å². The van der Waals surface area contributed by atoms with E-state index in [0.29, 0.717) is 6.10 Å². The molecule has 2 rings (SSSR count). The molecule has 1 fully saturated rings. The second kappa shape index (κ2) is 4.38. The third-order valence-corrected chi connectivity index (χ3v) is 3.66. The summed E-state index contributed by atoms with van der Waals surface area (Å²) in [6.07, 6.45) is 1.60. The van der Waals surface area contributed by atoms with Crippen LogP contribution in [0.5, 0.6) is 5.75 Å². The van der Waals surface area contributed by atoms with Gasteiger partial charge in [0.1, 0.15) is 11.9 Å². The average molecular weight is 259 g/mol. The van der Waals surface area contributed by atoms with Crippen LogP contribution < -0.4 is 4.74 Å². The summed E-state index contributed by atoms with van der Waals surface area (Å²) in [4.78, 5) is 0. The molecule has 0 aromatic heterocycles. The SMILES string of the molecule is Brc1ccc(OC2CCSC2)cc1. The molecule has 1 aromatic carbocycles. The van der Waals surface area contributed by atoms with Gasteiger partial charge in [0.15, 0.2) is 0 Å². The molecular formula is C10H11BrOS. The molecule has 1 aliphatic heterocycles. The summed E-state index contributed by atoms with van der Waals surface area (Å²) in [6.45, 7) is 0. The predicted molar refractivity (Wildman–Crippen MR) is 60.5 cm³/mol. The number of thioether (sulfide) groups is 1. The Kier molecular flexibility index (Phi) is 3.17. The number of hydrogen-bond acceptors (Lipinski definition) is 2. The summed E-state index contributed by atoms with van der Waals surface area (Å²) in [5.41, 5.74) is 0. The van der Waals surface area contributed by atoms with Crippen LogP contribution in [0.4, 0.5) is 0 Å². The summed E-state index contributed by atoms with van der Waals surface area (Å²) >= 11 is 5.37. The van der Waals surface area contributed by atoms with E-state index in [4.69, 9.17) is 4.74 Å². The average Bonchev–Trinajstić information content (AvgIpc) is 2.62. The molecule has 0 N–H and O–H groups in total. The minimum Gasteiger partial charge on any atom is -0.490 e. The molecule has 1 saturated heterocycles. The monoisotopic (exact) mass is 258 g/mol. The number of rotatable bonds is 2. The first-order valence-corrected chi connectivity index (χ1v) is 6.29. The lowest BCUT2D eigenvalue weighted by atomic mass is 10.3. The van der Waals surface area contributed by atoms with E-state index in [0.717, 1.165) is 16.0 Å². The van der Waals surface area contributed by atoms with Crippen LogP contribution in [-0.2, 0) is 0 Å². The number of hydrogen-bond donors (Lipinski definition) is 0. The van der Waals surface area contributed by atoms with Crippen molar-refractivity contribution < 1.29 is 4.74 Å². The number of ether oxygens (including phenoxy) is 1. The first-order valence-electron chi connectivity index (χ1n) is 4.34. The quantitative estimate of drug-likeness (QED) is 0.805. The predicted octanol–water partition coefficient (Wildman–Crippen LogP) is 3.33. The highest BCUT2D eigenvalue weighted by molar-refractivity contribution is 9.10. The fraction of sp³-hybridized carbons (Fsp3) is 0.400. The molecule has 1 unspecified atom stereocenters. The van der Waals surface area contributed by atoms with Crippen LogP contribution in [0.2, 0.25) is 0 Å². The van der Waals surface area contributed by atoms with Crippen molar-refractivity contribution in [3.63, 3.8) is 0 Å². The van der Waals surface area contributed by atoms with Crippen molar-refractivity contribution >= 4 is 27.7 Å². The molecule has 1 heterocycles. The molecular weight excluding hydrogens is 248 g/mol. The van der Waals surface area contributed by atoms with Crippen molar-refractivity contribution in [1.29, 1.82) is 0 Å². The van der Waals surface area contributed by atoms with Crippen LogP contribution in [0.1, 0.15) is 6.42 Å². The van der Waals surface area contributed by atoms with E-state index in [2.05, 4.69) is 15.9 Å². The summed E-state index contributed by atoms with van der Waals surface area (Å²) in [5, 5.41) is 0. The molecule has 1 aliphatic rings. The Hall–Kier alpha value is -0.150. The Bertz CT molecular complexity index is 267. The molecule has 0 saturated carbocycles. The minimum atomic E-state index is 0.422. The molecule has 0 spiro atoms. The molecule has 0 aliphatic carbocycles. The lowest BCUT2D eigenvalue weighted by Crippen LogP contribution is -2.14. The summed E-state index contributed by atoms with van der Waals surface area (Å²) in [7, 11) is 0. The van der Waals surface area contributed by atoms with Crippen LogP contribution in [-0.4, -0.2) is 17.6 Å². The standard InChI is InChI=1S/C10H11BrOS/c11-8-1-3-9(4-2-8)12-10-5-6-13-7-10/h1-4,10H,5-7H2. The third-order valence-electron chi connectivity index (χ3n) is 2.00. The fourth-order valence-corrected chi connectivity index (χ4v) is 2.67. The zero-order chi connectivity index (χ0) is 9.10. The second-order valence-corrected chi connectivity index (χ2v) is 5.12. The highest BCUT2D eigenvalue weighted by Crippen LogP contribution is 2.24. The lowest BCUT2D eigenvalue weighted by molar-refractivity contribution is 0.229. The van der Waals surface area contributed by atoms with Gasteiger partial charge >= 0.3 is 0 Å². The second-order valence-electron chi connectivity index (χ2n) is 3.06. The lowest BCUT2D eigenvalue weighted by Gasteiger charge is -2.11. The summed E-state index contributed by atoms with van der Waals surface area (Å²) < 4.78 is 6.89. The van der Waals surface area contributed by atoms with Crippen molar-refractivity contribution in [2.24, 2.45) is 0 Å². The van der Waals surface area contributed by atoms with Crippen molar-refractivity contribution in [2.75, 3.05) is 11.5 Å². The zero-order valence-corrected chi connectivity index (χ0v) is 9.61. The zero-order valence-electron chi connectivity index (χ0n) is 7.20. The molecule has 0 bridgehead atoms. The molecule has 0 amide bonds. The van der Waals surface area contributed by atoms with Gasteiger partial charge in [-0.3, -0.25) is 0 Å². The normalized spacial score (nSPS) is 21.8. The smallest absolute Gasteiger partial charge is 0.119 e. The molecule has 1 atom stereocenters. The largest absolute Gasteiger partial charge is 0.490 e. The molecule has 1 aromatic rings. The van der Waals surface area contributed by atoms with E-state index >= 15 is 0 Å². The Morgan fingerprint density at radius 3 is 2.69 bits per heavy atom. The van der Waals surface area contributed by atoms with E-state index in [1.54, 1.807) is 0 Å². The number of benzene rings is 1. The topological polar surface area (TPSA) is 9.23 Å². The van der Waals surface area contributed by atoms with Crippen molar-refractivity contribution in [3.8, 4) is 5.75 Å². The van der Waals surface area contributed by atoms with Gasteiger partial charge in [0.25, 0.3) is 0 Å². The minimum absolute atomic E-state index is 0.422. The molecule has 3 heteroatoms. The van der Waals surface area contributed by atoms with Crippen LogP contribution in [0.3, 0.4) is 0 Å². The van der Waals surface area contributed by atoms with Gasteiger partial charge < -0.3 is 4.74 Å². The van der Waals surface area contributed by atoms with Gasteiger partial charge in [-0.05, 0) is 36.4 Å². The summed E-state index contributed by atoms with van der Waals surface area (Å²) in [6, 6.07) is 8.04. The van der Waals surface area contributed by atoms with E-state index in [1.165, 1.54) is 12.2 Å². The van der Waals surface area contributed by atoms with Crippen LogP contribution in [0.25, 0.3) is 0 Å². The Morgan fingerprint density at radius 1 is 1.31 bits per heavy atom. The fourth-order valence-electron chi connectivity index (χ4n) is 1.31. The Balaban J connectivity index is 1.97. The maximum atomic E-state index is 5.79. The van der Waals surface area contributed by atoms with Gasteiger partial charge in [0.05, 0.1) is 0 Å². The van der Waals surface area contributed by atoms with Crippen molar-refractivity contribution in [3.05, 3.63) is 28.7 Å².